The molecule has 2 saturated carbocycles. The van der Waals surface area contributed by atoms with Gasteiger partial charge in [-0.2, -0.15) is 0 Å². The first-order valence-electron chi connectivity index (χ1n) is 6.67. The molecule has 14 heavy (non-hydrogen) atoms. The van der Waals surface area contributed by atoms with E-state index < -0.39 is 0 Å². The van der Waals surface area contributed by atoms with Crippen molar-refractivity contribution >= 4 is 9.68 Å². The Morgan fingerprint density at radius 1 is 0.786 bits per heavy atom. The van der Waals surface area contributed by atoms with Crippen LogP contribution in [0.1, 0.15) is 57.8 Å². The Bertz CT molecular complexity index is 160. The predicted octanol–water partition coefficient (Wildman–Crippen LogP) is 2.70. The van der Waals surface area contributed by atoms with Crippen molar-refractivity contribution in [1.29, 1.82) is 0 Å². The van der Waals surface area contributed by atoms with Crippen LogP contribution in [0.25, 0.3) is 0 Å². The molecule has 0 saturated heterocycles. The minimum atomic E-state index is 0.0870. The predicted molar refractivity (Wildman–Crippen MR) is 65.4 cm³/mol. The first-order valence-corrected chi connectivity index (χ1v) is 8.72. The Morgan fingerprint density at radius 2 is 1.21 bits per heavy atom. The number of hydrogen-bond donors (Lipinski definition) is 0. The van der Waals surface area contributed by atoms with Crippen molar-refractivity contribution in [3.8, 4) is 0 Å². The highest BCUT2D eigenvalue weighted by atomic mass is 28.2. The van der Waals surface area contributed by atoms with Gasteiger partial charge >= 0.3 is 0 Å². The molecule has 0 aliphatic heterocycles. The minimum Gasteiger partial charge on any atom is -0.324 e. The van der Waals surface area contributed by atoms with Crippen LogP contribution >= 0.6 is 0 Å². The van der Waals surface area contributed by atoms with E-state index in [1.807, 2.05) is 0 Å². The number of rotatable bonds is 3. The van der Waals surface area contributed by atoms with Crippen molar-refractivity contribution in [3.05, 3.63) is 0 Å². The second kappa shape index (κ2) is 5.31. The summed E-state index contributed by atoms with van der Waals surface area (Å²) in [4.78, 5) is 0. The standard InChI is InChI=1S/C12H25NSi/c1-14-13(12-9-5-6-10-12)11-7-3-2-4-8-11/h11-12H,2-10,14H2,1H3. The van der Waals surface area contributed by atoms with Crippen LogP contribution in [0.3, 0.4) is 0 Å². The summed E-state index contributed by atoms with van der Waals surface area (Å²) in [5.41, 5.74) is 0. The maximum Gasteiger partial charge on any atom is 0.0926 e. The molecule has 0 amide bonds. The molecule has 1 nitrogen and oxygen atoms in total. The van der Waals surface area contributed by atoms with Crippen molar-refractivity contribution in [2.24, 2.45) is 0 Å². The maximum atomic E-state index is 2.96. The van der Waals surface area contributed by atoms with Crippen molar-refractivity contribution in [1.82, 2.24) is 4.57 Å². The second-order valence-electron chi connectivity index (χ2n) is 5.06. The number of hydrogen-bond acceptors (Lipinski definition) is 1. The van der Waals surface area contributed by atoms with Gasteiger partial charge in [0.25, 0.3) is 0 Å². The van der Waals surface area contributed by atoms with Gasteiger partial charge < -0.3 is 4.57 Å². The van der Waals surface area contributed by atoms with Gasteiger partial charge in [0, 0.05) is 12.1 Å². The monoisotopic (exact) mass is 211 g/mol. The van der Waals surface area contributed by atoms with Gasteiger partial charge in [0.1, 0.15) is 0 Å². The Labute approximate surface area is 91.2 Å². The molecule has 0 radical (unpaired) electrons. The van der Waals surface area contributed by atoms with Gasteiger partial charge in [0.2, 0.25) is 0 Å². The lowest BCUT2D eigenvalue weighted by molar-refractivity contribution is 0.206. The highest BCUT2D eigenvalue weighted by Crippen LogP contribution is 2.29. The van der Waals surface area contributed by atoms with Crippen LogP contribution in [0, 0.1) is 0 Å². The molecule has 0 aromatic heterocycles. The van der Waals surface area contributed by atoms with Crippen LogP contribution in [0.4, 0.5) is 0 Å². The van der Waals surface area contributed by atoms with Gasteiger partial charge in [-0.15, -0.1) is 0 Å². The third kappa shape index (κ3) is 2.40. The Morgan fingerprint density at radius 3 is 1.64 bits per heavy atom. The molecule has 0 spiro atoms. The molecule has 2 heteroatoms. The second-order valence-corrected chi connectivity index (χ2v) is 6.42. The third-order valence-corrected chi connectivity index (χ3v) is 5.97. The molecule has 0 heterocycles. The van der Waals surface area contributed by atoms with E-state index in [1.54, 1.807) is 0 Å². The molecule has 82 valence electrons. The van der Waals surface area contributed by atoms with Gasteiger partial charge in [-0.25, -0.2) is 0 Å². The fraction of sp³-hybridized carbons (Fsp3) is 1.00. The lowest BCUT2D eigenvalue weighted by atomic mass is 9.94. The van der Waals surface area contributed by atoms with Crippen molar-refractivity contribution in [3.63, 3.8) is 0 Å². The molecule has 2 aliphatic rings. The Hall–Kier alpha value is 0.177. The molecule has 0 aromatic carbocycles. The molecule has 2 fully saturated rings. The SMILES string of the molecule is C[SiH2]N(C1CCCCC1)C1CCCC1. The van der Waals surface area contributed by atoms with E-state index in [0.717, 1.165) is 12.1 Å². The minimum absolute atomic E-state index is 0.0870. The Kier molecular flexibility index (Phi) is 4.06. The van der Waals surface area contributed by atoms with E-state index in [-0.39, 0.29) is 9.68 Å². The Balaban J connectivity index is 1.89. The smallest absolute Gasteiger partial charge is 0.0926 e. The van der Waals surface area contributed by atoms with Gasteiger partial charge in [-0.1, -0.05) is 38.7 Å². The normalized spacial score (nSPS) is 27.0. The van der Waals surface area contributed by atoms with Crippen molar-refractivity contribution < 1.29 is 0 Å². The van der Waals surface area contributed by atoms with Gasteiger partial charge in [-0.3, -0.25) is 0 Å². The quantitative estimate of drug-likeness (QED) is 0.649. The summed E-state index contributed by atoms with van der Waals surface area (Å²) in [6.07, 6.45) is 13.6. The summed E-state index contributed by atoms with van der Waals surface area (Å²) < 4.78 is 2.96. The maximum absolute atomic E-state index is 2.96. The van der Waals surface area contributed by atoms with E-state index in [9.17, 15) is 0 Å². The molecule has 0 atom stereocenters. The lowest BCUT2D eigenvalue weighted by Gasteiger charge is -2.38. The number of nitrogens with zero attached hydrogens (tertiary/aromatic N) is 1. The molecular formula is C12H25NSi. The third-order valence-electron chi connectivity index (χ3n) is 4.20. The van der Waals surface area contributed by atoms with E-state index in [1.165, 1.54) is 57.8 Å². The average Bonchev–Trinajstić information content (AvgIpc) is 2.74. The molecule has 0 aromatic rings. The molecule has 2 aliphatic carbocycles. The van der Waals surface area contributed by atoms with Gasteiger partial charge in [0.15, 0.2) is 0 Å². The van der Waals surface area contributed by atoms with Crippen LogP contribution in [0.5, 0.6) is 0 Å². The summed E-state index contributed by atoms with van der Waals surface area (Å²) >= 11 is 0. The first-order chi connectivity index (χ1) is 6.92. The van der Waals surface area contributed by atoms with Crippen LogP contribution in [0.2, 0.25) is 6.55 Å². The van der Waals surface area contributed by atoms with Crippen molar-refractivity contribution in [2.45, 2.75) is 76.4 Å². The molecule has 2 rings (SSSR count). The molecule has 0 bridgehead atoms. The van der Waals surface area contributed by atoms with E-state index in [0.29, 0.717) is 0 Å². The zero-order valence-corrected chi connectivity index (χ0v) is 11.1. The largest absolute Gasteiger partial charge is 0.324 e. The fourth-order valence-corrected chi connectivity index (χ4v) is 5.23. The van der Waals surface area contributed by atoms with Crippen LogP contribution in [-0.4, -0.2) is 26.3 Å². The van der Waals surface area contributed by atoms with Crippen LogP contribution < -0.4 is 0 Å². The van der Waals surface area contributed by atoms with E-state index in [2.05, 4.69) is 11.1 Å². The molecular weight excluding hydrogens is 186 g/mol. The zero-order chi connectivity index (χ0) is 9.80. The topological polar surface area (TPSA) is 3.24 Å². The lowest BCUT2D eigenvalue weighted by Crippen LogP contribution is -2.44. The summed E-state index contributed by atoms with van der Waals surface area (Å²) in [6.45, 7) is 2.49. The summed E-state index contributed by atoms with van der Waals surface area (Å²) in [5, 5.41) is 0. The van der Waals surface area contributed by atoms with Gasteiger partial charge in [-0.05, 0) is 25.7 Å². The summed E-state index contributed by atoms with van der Waals surface area (Å²) in [6, 6.07) is 2.01. The summed E-state index contributed by atoms with van der Waals surface area (Å²) in [7, 11) is 0.0870. The highest BCUT2D eigenvalue weighted by Gasteiger charge is 2.27. The van der Waals surface area contributed by atoms with Crippen LogP contribution in [-0.2, 0) is 0 Å². The van der Waals surface area contributed by atoms with Crippen molar-refractivity contribution in [2.75, 3.05) is 0 Å². The average molecular weight is 211 g/mol. The van der Waals surface area contributed by atoms with E-state index >= 15 is 0 Å². The first kappa shape index (κ1) is 10.7. The van der Waals surface area contributed by atoms with Crippen LogP contribution in [0.15, 0.2) is 0 Å². The fourth-order valence-electron chi connectivity index (χ4n) is 3.46. The summed E-state index contributed by atoms with van der Waals surface area (Å²) in [5.74, 6) is 0. The van der Waals surface area contributed by atoms with E-state index in [4.69, 9.17) is 0 Å². The van der Waals surface area contributed by atoms with Gasteiger partial charge in [0.05, 0.1) is 9.68 Å². The zero-order valence-electron chi connectivity index (χ0n) is 9.67. The highest BCUT2D eigenvalue weighted by molar-refractivity contribution is 6.30. The molecule has 0 N–H and O–H groups in total. The molecule has 0 unspecified atom stereocenters.